The quantitative estimate of drug-likeness (QED) is 0.657. The molecule has 0 saturated carbocycles. The van der Waals surface area contributed by atoms with Gasteiger partial charge in [0.1, 0.15) is 5.75 Å². The number of aryl methyl sites for hydroxylation is 2. The highest BCUT2D eigenvalue weighted by atomic mass is 79.9. The fourth-order valence-corrected chi connectivity index (χ4v) is 4.15. The molecule has 0 aliphatic heterocycles. The van der Waals surface area contributed by atoms with E-state index in [1.54, 1.807) is 18.5 Å². The number of methoxy groups -OCH3 is 1. The predicted molar refractivity (Wildman–Crippen MR) is 99.8 cm³/mol. The normalized spacial score (nSPS) is 11.3. The lowest BCUT2D eigenvalue weighted by atomic mass is 10.3. The van der Waals surface area contributed by atoms with Gasteiger partial charge < -0.3 is 9.47 Å². The summed E-state index contributed by atoms with van der Waals surface area (Å²) in [6, 6.07) is 4.27. The molecule has 1 heterocycles. The molecule has 2 rings (SSSR count). The highest BCUT2D eigenvalue weighted by Gasteiger charge is 2.21. The molecule has 1 aromatic heterocycles. The van der Waals surface area contributed by atoms with Gasteiger partial charge >= 0.3 is 5.97 Å². The fraction of sp³-hybridized carbons (Fsp3) is 0.375. The van der Waals surface area contributed by atoms with Gasteiger partial charge in [-0.1, -0.05) is 0 Å². The average molecular weight is 446 g/mol. The number of aromatic nitrogens is 2. The molecule has 10 heteroatoms. The second-order valence-corrected chi connectivity index (χ2v) is 7.96. The van der Waals surface area contributed by atoms with Crippen LogP contribution in [0.15, 0.2) is 27.6 Å². The largest absolute Gasteiger partial charge is 0.481 e. The lowest BCUT2D eigenvalue weighted by molar-refractivity contribution is -0.142. The first-order chi connectivity index (χ1) is 12.2. The molecular weight excluding hydrogens is 426 g/mol. The molecule has 142 valence electrons. The van der Waals surface area contributed by atoms with E-state index in [4.69, 9.17) is 4.74 Å². The molecule has 0 atom stereocenters. The number of nitrogens with zero attached hydrogens (tertiary/aromatic N) is 2. The Bertz CT molecular complexity index is 924. The number of halogens is 1. The number of nitrogens with one attached hydrogen (secondary N) is 1. The lowest BCUT2D eigenvalue weighted by Gasteiger charge is -2.11. The molecule has 0 bridgehead atoms. The first-order valence-electron chi connectivity index (χ1n) is 7.75. The molecule has 1 aromatic carbocycles. The van der Waals surface area contributed by atoms with Crippen molar-refractivity contribution in [3.05, 3.63) is 34.1 Å². The van der Waals surface area contributed by atoms with E-state index >= 15 is 0 Å². The minimum Gasteiger partial charge on any atom is -0.481 e. The molecule has 2 aromatic rings. The summed E-state index contributed by atoms with van der Waals surface area (Å²) < 4.78 is 39.9. The summed E-state index contributed by atoms with van der Waals surface area (Å²) >= 11 is 3.26. The highest BCUT2D eigenvalue weighted by Crippen LogP contribution is 2.30. The van der Waals surface area contributed by atoms with Gasteiger partial charge in [0, 0.05) is 6.54 Å². The summed E-state index contributed by atoms with van der Waals surface area (Å²) in [5.74, 6) is -0.199. The number of ether oxygens (including phenoxy) is 2. The van der Waals surface area contributed by atoms with Gasteiger partial charge in [-0.05, 0) is 54.9 Å². The molecule has 26 heavy (non-hydrogen) atoms. The SMILES string of the molecule is CCn1nc(C)c(NS(=O)(=O)c2ccc(OCC(=O)OC)c(Br)c2)c1C. The van der Waals surface area contributed by atoms with Gasteiger partial charge in [-0.15, -0.1) is 0 Å². The Morgan fingerprint density at radius 1 is 1.35 bits per heavy atom. The Hall–Kier alpha value is -2.07. The summed E-state index contributed by atoms with van der Waals surface area (Å²) in [6.07, 6.45) is 0. The van der Waals surface area contributed by atoms with Crippen molar-refractivity contribution < 1.29 is 22.7 Å². The summed E-state index contributed by atoms with van der Waals surface area (Å²) in [5, 5.41) is 4.30. The van der Waals surface area contributed by atoms with E-state index < -0.39 is 16.0 Å². The maximum absolute atomic E-state index is 12.7. The molecule has 0 aliphatic carbocycles. The number of hydrogen-bond donors (Lipinski definition) is 1. The van der Waals surface area contributed by atoms with Crippen LogP contribution in [-0.2, 0) is 26.1 Å². The molecule has 8 nitrogen and oxygen atoms in total. The third kappa shape index (κ3) is 4.36. The number of benzene rings is 1. The van der Waals surface area contributed by atoms with Gasteiger partial charge in [-0.2, -0.15) is 5.10 Å². The zero-order chi connectivity index (χ0) is 19.5. The maximum atomic E-state index is 12.7. The lowest BCUT2D eigenvalue weighted by Crippen LogP contribution is -2.15. The third-order valence-corrected chi connectivity index (χ3v) is 5.67. The van der Waals surface area contributed by atoms with Gasteiger partial charge in [0.25, 0.3) is 10.0 Å². The fourth-order valence-electron chi connectivity index (χ4n) is 2.31. The standard InChI is InChI=1S/C16H20BrN3O5S/c1-5-20-11(3)16(10(2)18-20)19-26(22,23)12-6-7-14(13(17)8-12)25-9-15(21)24-4/h6-8,19H,5,9H2,1-4H3. The number of esters is 1. The van der Waals surface area contributed by atoms with E-state index in [1.807, 2.05) is 6.92 Å². The van der Waals surface area contributed by atoms with Gasteiger partial charge in [0.15, 0.2) is 6.61 Å². The molecule has 1 N–H and O–H groups in total. The van der Waals surface area contributed by atoms with Gasteiger partial charge in [0.2, 0.25) is 0 Å². The zero-order valence-corrected chi connectivity index (χ0v) is 17.3. The minimum atomic E-state index is -3.81. The summed E-state index contributed by atoms with van der Waals surface area (Å²) in [6.45, 7) is 5.86. The van der Waals surface area contributed by atoms with Gasteiger partial charge in [0.05, 0.1) is 33.6 Å². The van der Waals surface area contributed by atoms with E-state index in [0.29, 0.717) is 28.1 Å². The number of rotatable bonds is 7. The van der Waals surface area contributed by atoms with Crippen molar-refractivity contribution >= 4 is 37.6 Å². The highest BCUT2D eigenvalue weighted by molar-refractivity contribution is 9.10. The van der Waals surface area contributed by atoms with Crippen LogP contribution in [0.5, 0.6) is 5.75 Å². The summed E-state index contributed by atoms with van der Waals surface area (Å²) in [5.41, 5.74) is 1.81. The number of anilines is 1. The number of carbonyl (C=O) groups excluding carboxylic acids is 1. The number of carbonyl (C=O) groups is 1. The summed E-state index contributed by atoms with van der Waals surface area (Å²) in [7, 11) is -2.55. The predicted octanol–water partition coefficient (Wildman–Crippen LogP) is 2.63. The van der Waals surface area contributed by atoms with E-state index in [-0.39, 0.29) is 11.5 Å². The second-order valence-electron chi connectivity index (χ2n) is 5.42. The molecule has 0 spiro atoms. The molecule has 0 radical (unpaired) electrons. The molecule has 0 unspecified atom stereocenters. The second kappa shape index (κ2) is 8.09. The number of hydrogen-bond acceptors (Lipinski definition) is 6. The van der Waals surface area contributed by atoms with Crippen LogP contribution < -0.4 is 9.46 Å². The average Bonchev–Trinajstić information content (AvgIpc) is 2.87. The Balaban J connectivity index is 2.25. The van der Waals surface area contributed by atoms with E-state index in [2.05, 4.69) is 30.5 Å². The maximum Gasteiger partial charge on any atom is 0.343 e. The molecule has 0 amide bonds. The van der Waals surface area contributed by atoms with Crippen LogP contribution in [0.1, 0.15) is 18.3 Å². The Morgan fingerprint density at radius 3 is 2.58 bits per heavy atom. The molecule has 0 aliphatic rings. The Labute approximate surface area is 160 Å². The van der Waals surface area contributed by atoms with Crippen molar-refractivity contribution in [2.75, 3.05) is 18.4 Å². The smallest absolute Gasteiger partial charge is 0.343 e. The van der Waals surface area contributed by atoms with Crippen LogP contribution >= 0.6 is 15.9 Å². The Morgan fingerprint density at radius 2 is 2.04 bits per heavy atom. The zero-order valence-electron chi connectivity index (χ0n) is 14.9. The van der Waals surface area contributed by atoms with Crippen molar-refractivity contribution in [1.29, 1.82) is 0 Å². The first-order valence-corrected chi connectivity index (χ1v) is 10.0. The van der Waals surface area contributed by atoms with Crippen LogP contribution in [0.4, 0.5) is 5.69 Å². The molecular formula is C16H20BrN3O5S. The van der Waals surface area contributed by atoms with Crippen LogP contribution in [-0.4, -0.2) is 37.9 Å². The van der Waals surface area contributed by atoms with E-state index in [1.165, 1.54) is 25.3 Å². The van der Waals surface area contributed by atoms with Crippen molar-refractivity contribution in [3.8, 4) is 5.75 Å². The third-order valence-electron chi connectivity index (χ3n) is 3.70. The van der Waals surface area contributed by atoms with Crippen LogP contribution in [0.2, 0.25) is 0 Å². The first kappa shape index (κ1) is 20.2. The topological polar surface area (TPSA) is 99.5 Å². The van der Waals surface area contributed by atoms with Crippen molar-refractivity contribution in [1.82, 2.24) is 9.78 Å². The molecule has 0 saturated heterocycles. The van der Waals surface area contributed by atoms with Gasteiger partial charge in [-0.3, -0.25) is 9.40 Å². The number of sulfonamides is 1. The summed E-state index contributed by atoms with van der Waals surface area (Å²) in [4.78, 5) is 11.2. The van der Waals surface area contributed by atoms with E-state index in [0.717, 1.165) is 5.69 Å². The van der Waals surface area contributed by atoms with E-state index in [9.17, 15) is 13.2 Å². The minimum absolute atomic E-state index is 0.0536. The Kier molecular flexibility index (Phi) is 6.30. The van der Waals surface area contributed by atoms with Crippen LogP contribution in [0.3, 0.4) is 0 Å². The van der Waals surface area contributed by atoms with Crippen molar-refractivity contribution in [2.24, 2.45) is 0 Å². The van der Waals surface area contributed by atoms with Gasteiger partial charge in [-0.25, -0.2) is 13.2 Å². The van der Waals surface area contributed by atoms with Crippen molar-refractivity contribution in [3.63, 3.8) is 0 Å². The monoisotopic (exact) mass is 445 g/mol. The molecule has 0 fully saturated rings. The van der Waals surface area contributed by atoms with Crippen LogP contribution in [0.25, 0.3) is 0 Å². The van der Waals surface area contributed by atoms with Crippen LogP contribution in [0, 0.1) is 13.8 Å². The van der Waals surface area contributed by atoms with Crippen molar-refractivity contribution in [2.45, 2.75) is 32.2 Å².